The smallest absolute Gasteiger partial charge is 0.184 e. The van der Waals surface area contributed by atoms with Gasteiger partial charge >= 0.3 is 0 Å². The molecular weight excluding hydrogens is 308 g/mol. The van der Waals surface area contributed by atoms with Gasteiger partial charge in [-0.25, -0.2) is 0 Å². The Morgan fingerprint density at radius 3 is 2.71 bits per heavy atom. The third-order valence-electron chi connectivity index (χ3n) is 4.39. The molecule has 0 aromatic heterocycles. The molecule has 5 heteroatoms. The lowest BCUT2D eigenvalue weighted by Crippen LogP contribution is -2.46. The molecule has 1 aliphatic heterocycles. The third kappa shape index (κ3) is 3.71. The first-order chi connectivity index (χ1) is 11.3. The summed E-state index contributed by atoms with van der Waals surface area (Å²) in [4.78, 5) is 23.7. The van der Waals surface area contributed by atoms with Crippen LogP contribution in [0.5, 0.6) is 17.2 Å². The number of aromatic hydroxyl groups is 1. The van der Waals surface area contributed by atoms with Crippen molar-refractivity contribution in [2.75, 3.05) is 0 Å². The molecule has 0 saturated carbocycles. The van der Waals surface area contributed by atoms with Crippen molar-refractivity contribution >= 4 is 12.1 Å². The van der Waals surface area contributed by atoms with Crippen LogP contribution in [0.2, 0.25) is 0 Å². The highest BCUT2D eigenvalue weighted by molar-refractivity contribution is 6.10. The van der Waals surface area contributed by atoms with Gasteiger partial charge in [-0.2, -0.15) is 0 Å². The lowest BCUT2D eigenvalue weighted by Gasteiger charge is -2.36. The van der Waals surface area contributed by atoms with Crippen LogP contribution in [0.3, 0.4) is 0 Å². The predicted molar refractivity (Wildman–Crippen MR) is 90.9 cm³/mol. The Labute approximate surface area is 143 Å². The molecule has 132 valence electrons. The number of benzene rings is 1. The number of aldehydes is 1. The molecule has 0 bridgehead atoms. The molecule has 0 radical (unpaired) electrons. The number of fused-ring (bicyclic) bond motifs is 1. The Bertz CT molecular complexity index is 620. The van der Waals surface area contributed by atoms with Gasteiger partial charge in [0.2, 0.25) is 0 Å². The molecule has 2 unspecified atom stereocenters. The van der Waals surface area contributed by atoms with Gasteiger partial charge in [-0.05, 0) is 33.6 Å². The maximum atomic E-state index is 12.5. The minimum atomic E-state index is -0.955. The van der Waals surface area contributed by atoms with E-state index in [2.05, 4.69) is 6.92 Å². The van der Waals surface area contributed by atoms with E-state index in [0.717, 1.165) is 25.7 Å². The van der Waals surface area contributed by atoms with E-state index in [-0.39, 0.29) is 23.2 Å². The van der Waals surface area contributed by atoms with Crippen LogP contribution in [0.25, 0.3) is 0 Å². The summed E-state index contributed by atoms with van der Waals surface area (Å²) in [5.74, 6) is -0.843. The highest BCUT2D eigenvalue weighted by Crippen LogP contribution is 2.43. The molecule has 24 heavy (non-hydrogen) atoms. The Hall–Kier alpha value is -2.04. The molecule has 1 heterocycles. The number of carbonyl (C=O) groups is 2. The Morgan fingerprint density at radius 1 is 1.38 bits per heavy atom. The maximum absolute atomic E-state index is 12.5. The van der Waals surface area contributed by atoms with Crippen LogP contribution >= 0.6 is 0 Å². The summed E-state index contributed by atoms with van der Waals surface area (Å²) in [6.45, 7) is 7.50. The molecule has 5 nitrogen and oxygen atoms in total. The van der Waals surface area contributed by atoms with Crippen LogP contribution in [-0.2, 0) is 4.79 Å². The molecule has 0 saturated heterocycles. The first-order valence-electron chi connectivity index (χ1n) is 8.52. The van der Waals surface area contributed by atoms with Crippen molar-refractivity contribution in [3.8, 4) is 17.2 Å². The van der Waals surface area contributed by atoms with Crippen LogP contribution in [0.1, 0.15) is 63.7 Å². The topological polar surface area (TPSA) is 72.8 Å². The van der Waals surface area contributed by atoms with Crippen molar-refractivity contribution < 1.29 is 24.2 Å². The zero-order valence-corrected chi connectivity index (χ0v) is 14.8. The van der Waals surface area contributed by atoms with E-state index in [1.54, 1.807) is 19.9 Å². The second kappa shape index (κ2) is 7.24. The number of phenols is 1. The number of unbranched alkanes of at least 4 members (excludes halogenated alkanes) is 2. The number of hydrogen-bond donors (Lipinski definition) is 1. The molecule has 2 rings (SSSR count). The first-order valence-corrected chi connectivity index (χ1v) is 8.52. The zero-order valence-electron chi connectivity index (χ0n) is 14.8. The van der Waals surface area contributed by atoms with E-state index >= 15 is 0 Å². The number of ketones is 1. The van der Waals surface area contributed by atoms with Crippen molar-refractivity contribution in [1.29, 1.82) is 0 Å². The van der Waals surface area contributed by atoms with Gasteiger partial charge in [0.15, 0.2) is 5.78 Å². The summed E-state index contributed by atoms with van der Waals surface area (Å²) >= 11 is 0. The van der Waals surface area contributed by atoms with Crippen LogP contribution in [0.4, 0.5) is 0 Å². The predicted octanol–water partition coefficient (Wildman–Crippen LogP) is 3.91. The average molecular weight is 334 g/mol. The number of Topliss-reactive ketones (excluding diaryl/α,β-unsaturated/α-hetero) is 1. The van der Waals surface area contributed by atoms with Crippen molar-refractivity contribution in [1.82, 2.24) is 0 Å². The van der Waals surface area contributed by atoms with Gasteiger partial charge in [-0.3, -0.25) is 4.79 Å². The molecule has 0 spiro atoms. The molecular formula is C19H26O5. The van der Waals surface area contributed by atoms with E-state index in [1.807, 2.05) is 6.92 Å². The largest absolute Gasteiger partial charge is 0.507 e. The normalized spacial score (nSPS) is 20.0. The molecule has 0 amide bonds. The van der Waals surface area contributed by atoms with Gasteiger partial charge in [0.05, 0.1) is 6.10 Å². The minimum absolute atomic E-state index is 0.00373. The molecule has 0 aliphatic carbocycles. The van der Waals surface area contributed by atoms with Gasteiger partial charge < -0.3 is 19.4 Å². The van der Waals surface area contributed by atoms with Gasteiger partial charge in [0, 0.05) is 12.1 Å². The summed E-state index contributed by atoms with van der Waals surface area (Å²) in [6.07, 6.45) is 4.88. The van der Waals surface area contributed by atoms with Crippen molar-refractivity contribution in [3.63, 3.8) is 0 Å². The van der Waals surface area contributed by atoms with Crippen molar-refractivity contribution in [3.05, 3.63) is 17.7 Å². The van der Waals surface area contributed by atoms with E-state index < -0.39 is 17.3 Å². The van der Waals surface area contributed by atoms with Crippen LogP contribution in [-0.4, -0.2) is 28.9 Å². The van der Waals surface area contributed by atoms with E-state index in [0.29, 0.717) is 12.0 Å². The fraction of sp³-hybridized carbons (Fsp3) is 0.579. The quantitative estimate of drug-likeness (QED) is 0.465. The lowest BCUT2D eigenvalue weighted by molar-refractivity contribution is -0.114. The van der Waals surface area contributed by atoms with Gasteiger partial charge in [0.1, 0.15) is 40.6 Å². The number of hydrogen-bond acceptors (Lipinski definition) is 5. The first kappa shape index (κ1) is 18.3. The molecule has 0 fully saturated rings. The van der Waals surface area contributed by atoms with Crippen molar-refractivity contribution in [2.45, 2.75) is 65.1 Å². The minimum Gasteiger partial charge on any atom is -0.507 e. The standard InChI is InChI=1S/C19H26O5/c1-5-6-7-8-12(2)23-13-9-15(21)17-16(10-13)24-19(3,4)14(11-20)18(17)22/h9-12,14,21H,5-8H2,1-4H3. The van der Waals surface area contributed by atoms with Crippen LogP contribution in [0, 0.1) is 5.92 Å². The van der Waals surface area contributed by atoms with E-state index in [1.165, 1.54) is 6.07 Å². The Balaban J connectivity index is 2.24. The highest BCUT2D eigenvalue weighted by Gasteiger charge is 2.44. The van der Waals surface area contributed by atoms with E-state index in [9.17, 15) is 14.7 Å². The monoisotopic (exact) mass is 334 g/mol. The molecule has 1 aromatic rings. The second-order valence-electron chi connectivity index (χ2n) is 6.92. The van der Waals surface area contributed by atoms with Gasteiger partial charge in [0.25, 0.3) is 0 Å². The maximum Gasteiger partial charge on any atom is 0.184 e. The lowest BCUT2D eigenvalue weighted by atomic mass is 9.82. The summed E-state index contributed by atoms with van der Waals surface area (Å²) in [5.41, 5.74) is -0.902. The average Bonchev–Trinajstić information content (AvgIpc) is 2.45. The van der Waals surface area contributed by atoms with Crippen LogP contribution < -0.4 is 9.47 Å². The summed E-state index contributed by atoms with van der Waals surface area (Å²) < 4.78 is 11.6. The highest BCUT2D eigenvalue weighted by atomic mass is 16.5. The SMILES string of the molecule is CCCCCC(C)Oc1cc(O)c2c(c1)OC(C)(C)C(C=O)C2=O. The number of ether oxygens (including phenoxy) is 2. The number of carbonyl (C=O) groups excluding carboxylic acids is 2. The second-order valence-corrected chi connectivity index (χ2v) is 6.92. The summed E-state index contributed by atoms with van der Waals surface area (Å²) in [6, 6.07) is 3.03. The Kier molecular flexibility index (Phi) is 5.52. The van der Waals surface area contributed by atoms with E-state index in [4.69, 9.17) is 9.47 Å². The molecule has 1 N–H and O–H groups in total. The van der Waals surface area contributed by atoms with Crippen molar-refractivity contribution in [2.24, 2.45) is 5.92 Å². The zero-order chi connectivity index (χ0) is 17.9. The van der Waals surface area contributed by atoms with Gasteiger partial charge in [-0.1, -0.05) is 19.8 Å². The number of phenolic OH excluding ortho intramolecular Hbond substituents is 1. The fourth-order valence-corrected chi connectivity index (χ4v) is 2.99. The molecule has 2 atom stereocenters. The summed E-state index contributed by atoms with van der Waals surface area (Å²) in [7, 11) is 0. The van der Waals surface area contributed by atoms with Gasteiger partial charge in [-0.15, -0.1) is 0 Å². The summed E-state index contributed by atoms with van der Waals surface area (Å²) in [5, 5.41) is 10.2. The molecule has 1 aromatic carbocycles. The Morgan fingerprint density at radius 2 is 2.08 bits per heavy atom. The van der Waals surface area contributed by atoms with Crippen LogP contribution in [0.15, 0.2) is 12.1 Å². The fourth-order valence-electron chi connectivity index (χ4n) is 2.99. The molecule has 1 aliphatic rings. The third-order valence-corrected chi connectivity index (χ3v) is 4.39. The number of rotatable bonds is 7.